The lowest BCUT2D eigenvalue weighted by Gasteiger charge is -2.09. The molecule has 0 saturated carbocycles. The van der Waals surface area contributed by atoms with Crippen LogP contribution in [0, 0.1) is 19.7 Å². The van der Waals surface area contributed by atoms with Crippen LogP contribution in [-0.2, 0) is 6.54 Å². The van der Waals surface area contributed by atoms with E-state index in [4.69, 9.17) is 4.74 Å². The number of amides is 1. The van der Waals surface area contributed by atoms with Crippen LogP contribution in [0.15, 0.2) is 30.5 Å². The van der Waals surface area contributed by atoms with Gasteiger partial charge in [0.25, 0.3) is 5.91 Å². The molecule has 0 aliphatic heterocycles. The number of aromatic nitrogens is 1. The van der Waals surface area contributed by atoms with Crippen LogP contribution in [-0.4, -0.2) is 18.0 Å². The number of rotatable bonds is 4. The van der Waals surface area contributed by atoms with Gasteiger partial charge in [0.15, 0.2) is 11.6 Å². The smallest absolute Gasteiger partial charge is 0.251 e. The predicted molar refractivity (Wildman–Crippen MR) is 77.8 cm³/mol. The number of benzene rings is 1. The fourth-order valence-corrected chi connectivity index (χ4v) is 1.99. The fourth-order valence-electron chi connectivity index (χ4n) is 1.99. The summed E-state index contributed by atoms with van der Waals surface area (Å²) >= 11 is 0. The minimum absolute atomic E-state index is 0.0517. The standard InChI is InChI=1S/C16H17FN2O2/c1-10-6-11(2)18-8-13(10)9-19-16(20)12-4-5-14(17)15(7-12)21-3/h4-8H,9H2,1-3H3,(H,19,20). The summed E-state index contributed by atoms with van der Waals surface area (Å²) < 4.78 is 18.2. The van der Waals surface area contributed by atoms with E-state index >= 15 is 0 Å². The highest BCUT2D eigenvalue weighted by atomic mass is 19.1. The molecule has 0 unspecified atom stereocenters. The number of halogens is 1. The number of hydrogen-bond donors (Lipinski definition) is 1. The second-order valence-electron chi connectivity index (χ2n) is 4.78. The van der Waals surface area contributed by atoms with E-state index in [1.54, 1.807) is 6.20 Å². The van der Waals surface area contributed by atoms with Gasteiger partial charge in [0.2, 0.25) is 0 Å². The normalized spacial score (nSPS) is 10.3. The Balaban J connectivity index is 2.08. The van der Waals surface area contributed by atoms with E-state index in [0.29, 0.717) is 12.1 Å². The van der Waals surface area contributed by atoms with Crippen LogP contribution in [0.3, 0.4) is 0 Å². The molecule has 1 aromatic carbocycles. The Morgan fingerprint density at radius 3 is 2.76 bits per heavy atom. The highest BCUT2D eigenvalue weighted by Gasteiger charge is 2.10. The van der Waals surface area contributed by atoms with Crippen molar-refractivity contribution in [2.24, 2.45) is 0 Å². The topological polar surface area (TPSA) is 51.2 Å². The maximum atomic E-state index is 13.3. The Kier molecular flexibility index (Phi) is 4.52. The molecular weight excluding hydrogens is 271 g/mol. The number of carbonyl (C=O) groups excluding carboxylic acids is 1. The summed E-state index contributed by atoms with van der Waals surface area (Å²) in [4.78, 5) is 16.3. The van der Waals surface area contributed by atoms with E-state index in [1.807, 2.05) is 19.9 Å². The van der Waals surface area contributed by atoms with Crippen molar-refractivity contribution in [1.29, 1.82) is 0 Å². The van der Waals surface area contributed by atoms with Gasteiger partial charge >= 0.3 is 0 Å². The number of hydrogen-bond acceptors (Lipinski definition) is 3. The van der Waals surface area contributed by atoms with Gasteiger partial charge in [0.1, 0.15) is 0 Å². The summed E-state index contributed by atoms with van der Waals surface area (Å²) in [6.07, 6.45) is 1.75. The molecule has 1 amide bonds. The van der Waals surface area contributed by atoms with Crippen molar-refractivity contribution in [3.63, 3.8) is 0 Å². The zero-order valence-corrected chi connectivity index (χ0v) is 12.2. The lowest BCUT2D eigenvalue weighted by atomic mass is 10.1. The van der Waals surface area contributed by atoms with Gasteiger partial charge in [-0.25, -0.2) is 4.39 Å². The highest BCUT2D eigenvalue weighted by molar-refractivity contribution is 5.94. The third-order valence-electron chi connectivity index (χ3n) is 3.21. The second kappa shape index (κ2) is 6.35. The van der Waals surface area contributed by atoms with Crippen molar-refractivity contribution >= 4 is 5.91 Å². The summed E-state index contributed by atoms with van der Waals surface area (Å²) in [7, 11) is 1.36. The molecule has 5 heteroatoms. The summed E-state index contributed by atoms with van der Waals surface area (Å²) in [5, 5.41) is 2.79. The molecule has 1 N–H and O–H groups in total. The molecule has 110 valence electrons. The van der Waals surface area contributed by atoms with Crippen LogP contribution in [0.25, 0.3) is 0 Å². The molecule has 0 fully saturated rings. The molecule has 0 aliphatic rings. The molecule has 0 saturated heterocycles. The average molecular weight is 288 g/mol. The average Bonchev–Trinajstić information content (AvgIpc) is 2.46. The quantitative estimate of drug-likeness (QED) is 0.941. The number of nitrogens with zero attached hydrogens (tertiary/aromatic N) is 1. The first-order chi connectivity index (χ1) is 10.0. The first-order valence-corrected chi connectivity index (χ1v) is 6.55. The van der Waals surface area contributed by atoms with Crippen molar-refractivity contribution in [2.45, 2.75) is 20.4 Å². The molecule has 0 radical (unpaired) electrons. The fraction of sp³-hybridized carbons (Fsp3) is 0.250. The zero-order chi connectivity index (χ0) is 15.4. The Labute approximate surface area is 123 Å². The molecule has 0 atom stereocenters. The van der Waals surface area contributed by atoms with Crippen LogP contribution in [0.4, 0.5) is 4.39 Å². The maximum Gasteiger partial charge on any atom is 0.251 e. The monoisotopic (exact) mass is 288 g/mol. The van der Waals surface area contributed by atoms with Crippen molar-refractivity contribution in [1.82, 2.24) is 10.3 Å². The molecule has 21 heavy (non-hydrogen) atoms. The third kappa shape index (κ3) is 3.56. The molecule has 0 spiro atoms. The number of methoxy groups -OCH3 is 1. The number of ether oxygens (including phenoxy) is 1. The van der Waals surface area contributed by atoms with Crippen molar-refractivity contribution in [3.8, 4) is 5.75 Å². The summed E-state index contributed by atoms with van der Waals surface area (Å²) in [6.45, 7) is 4.26. The Morgan fingerprint density at radius 1 is 1.33 bits per heavy atom. The lowest BCUT2D eigenvalue weighted by molar-refractivity contribution is 0.0950. The van der Waals surface area contributed by atoms with E-state index in [-0.39, 0.29) is 11.7 Å². The van der Waals surface area contributed by atoms with Gasteiger partial charge in [-0.05, 0) is 49.2 Å². The summed E-state index contributed by atoms with van der Waals surface area (Å²) in [5.41, 5.74) is 3.30. The number of aryl methyl sites for hydroxylation is 2. The van der Waals surface area contributed by atoms with E-state index in [0.717, 1.165) is 16.8 Å². The summed E-state index contributed by atoms with van der Waals surface area (Å²) in [6, 6.07) is 5.98. The van der Waals surface area contributed by atoms with Crippen LogP contribution < -0.4 is 10.1 Å². The molecule has 4 nitrogen and oxygen atoms in total. The van der Waals surface area contributed by atoms with Gasteiger partial charge in [0, 0.05) is 24.0 Å². The molecule has 2 rings (SSSR count). The van der Waals surface area contributed by atoms with E-state index < -0.39 is 5.82 Å². The molecule has 1 aromatic heterocycles. The van der Waals surface area contributed by atoms with Crippen LogP contribution in [0.1, 0.15) is 27.2 Å². The van der Waals surface area contributed by atoms with Crippen LogP contribution in [0.5, 0.6) is 5.75 Å². The van der Waals surface area contributed by atoms with E-state index in [1.165, 1.54) is 25.3 Å². The number of pyridine rings is 1. The van der Waals surface area contributed by atoms with E-state index in [2.05, 4.69) is 10.3 Å². The van der Waals surface area contributed by atoms with Crippen LogP contribution in [0.2, 0.25) is 0 Å². The van der Waals surface area contributed by atoms with Gasteiger partial charge in [-0.3, -0.25) is 9.78 Å². The van der Waals surface area contributed by atoms with Gasteiger partial charge in [-0.1, -0.05) is 0 Å². The highest BCUT2D eigenvalue weighted by Crippen LogP contribution is 2.18. The maximum absolute atomic E-state index is 13.3. The first-order valence-electron chi connectivity index (χ1n) is 6.55. The third-order valence-corrected chi connectivity index (χ3v) is 3.21. The molecular formula is C16H17FN2O2. The first kappa shape index (κ1) is 15.0. The SMILES string of the molecule is COc1cc(C(=O)NCc2cnc(C)cc2C)ccc1F. The van der Waals surface area contributed by atoms with Crippen molar-refractivity contribution in [3.05, 3.63) is 58.7 Å². The summed E-state index contributed by atoms with van der Waals surface area (Å²) in [5.74, 6) is -0.725. The number of nitrogens with one attached hydrogen (secondary N) is 1. The van der Waals surface area contributed by atoms with E-state index in [9.17, 15) is 9.18 Å². The van der Waals surface area contributed by atoms with Gasteiger partial charge in [0.05, 0.1) is 7.11 Å². The van der Waals surface area contributed by atoms with Crippen molar-refractivity contribution in [2.75, 3.05) is 7.11 Å². The predicted octanol–water partition coefficient (Wildman–Crippen LogP) is 2.78. The van der Waals surface area contributed by atoms with Gasteiger partial charge < -0.3 is 10.1 Å². The molecule has 1 heterocycles. The minimum Gasteiger partial charge on any atom is -0.494 e. The molecule has 0 aliphatic carbocycles. The number of carbonyl (C=O) groups is 1. The Hall–Kier alpha value is -2.43. The molecule has 2 aromatic rings. The Bertz CT molecular complexity index is 671. The Morgan fingerprint density at radius 2 is 2.10 bits per heavy atom. The minimum atomic E-state index is -0.493. The zero-order valence-electron chi connectivity index (χ0n) is 12.2. The largest absolute Gasteiger partial charge is 0.494 e. The second-order valence-corrected chi connectivity index (χ2v) is 4.78. The molecule has 0 bridgehead atoms. The lowest BCUT2D eigenvalue weighted by Crippen LogP contribution is -2.23. The van der Waals surface area contributed by atoms with Gasteiger partial charge in [-0.2, -0.15) is 0 Å². The van der Waals surface area contributed by atoms with Gasteiger partial charge in [-0.15, -0.1) is 0 Å². The van der Waals surface area contributed by atoms with Crippen LogP contribution >= 0.6 is 0 Å². The van der Waals surface area contributed by atoms with Crippen molar-refractivity contribution < 1.29 is 13.9 Å².